The molecule has 0 aliphatic heterocycles. The molecule has 0 radical (unpaired) electrons. The van der Waals surface area contributed by atoms with Gasteiger partial charge in [-0.1, -0.05) is 74.5 Å². The number of benzene rings is 2. The minimum absolute atomic E-state index is 0.0116. The van der Waals surface area contributed by atoms with Gasteiger partial charge in [0.05, 0.1) is 0 Å². The van der Waals surface area contributed by atoms with Crippen molar-refractivity contribution >= 4 is 27.9 Å². The minimum Gasteiger partial charge on any atom is -0.456 e. The van der Waals surface area contributed by atoms with Crippen molar-refractivity contribution in [2.45, 2.75) is 59.7 Å². The van der Waals surface area contributed by atoms with Crippen molar-refractivity contribution in [3.8, 4) is 0 Å². The van der Waals surface area contributed by atoms with E-state index in [-0.39, 0.29) is 30.5 Å². The highest BCUT2D eigenvalue weighted by molar-refractivity contribution is 9.10. The van der Waals surface area contributed by atoms with Gasteiger partial charge < -0.3 is 19.4 Å². The van der Waals surface area contributed by atoms with E-state index in [4.69, 9.17) is 9.47 Å². The number of hydrogen-bond donors (Lipinski definition) is 2. The first-order valence-corrected chi connectivity index (χ1v) is 14.0. The molecule has 1 aliphatic carbocycles. The fourth-order valence-electron chi connectivity index (χ4n) is 5.47. The van der Waals surface area contributed by atoms with Crippen LogP contribution in [-0.4, -0.2) is 21.9 Å². The van der Waals surface area contributed by atoms with Gasteiger partial charge in [0.25, 0.3) is 0 Å². The summed E-state index contributed by atoms with van der Waals surface area (Å²) in [4.78, 5) is 33.0. The van der Waals surface area contributed by atoms with Crippen LogP contribution in [0.2, 0.25) is 0 Å². The Bertz CT molecular complexity index is 1500. The molecule has 4 aromatic rings. The third-order valence-corrected chi connectivity index (χ3v) is 8.58. The van der Waals surface area contributed by atoms with E-state index in [9.17, 15) is 9.59 Å². The van der Waals surface area contributed by atoms with Crippen molar-refractivity contribution in [3.05, 3.63) is 116 Å². The number of fused-ring (bicyclic) bond motifs is 1. The molecule has 0 bridgehead atoms. The summed E-state index contributed by atoms with van der Waals surface area (Å²) in [6.45, 7) is 8.78. The predicted molar refractivity (Wildman–Crippen MR) is 154 cm³/mol. The molecule has 1 aliphatic rings. The zero-order valence-corrected chi connectivity index (χ0v) is 24.3. The smallest absolute Gasteiger partial charge is 0.355 e. The van der Waals surface area contributed by atoms with Crippen molar-refractivity contribution in [1.29, 1.82) is 0 Å². The first-order chi connectivity index (χ1) is 18.6. The fraction of sp³-hybridized carbons (Fsp3) is 0.312. The largest absolute Gasteiger partial charge is 0.456 e. The summed E-state index contributed by atoms with van der Waals surface area (Å²) in [5.74, 6) is -0.831. The summed E-state index contributed by atoms with van der Waals surface area (Å²) in [7, 11) is 0. The number of rotatable bonds is 7. The molecule has 0 spiro atoms. The van der Waals surface area contributed by atoms with Gasteiger partial charge in [0.1, 0.15) is 24.6 Å². The van der Waals surface area contributed by atoms with Crippen LogP contribution in [-0.2, 0) is 29.1 Å². The maximum atomic E-state index is 13.1. The third kappa shape index (κ3) is 5.59. The maximum Gasteiger partial charge on any atom is 0.355 e. The van der Waals surface area contributed by atoms with E-state index >= 15 is 0 Å². The van der Waals surface area contributed by atoms with Crippen molar-refractivity contribution < 1.29 is 19.1 Å². The number of ether oxygens (including phenoxy) is 2. The van der Waals surface area contributed by atoms with Crippen LogP contribution in [0.3, 0.4) is 0 Å². The van der Waals surface area contributed by atoms with E-state index < -0.39 is 5.97 Å². The first kappa shape index (κ1) is 27.0. The molecule has 1 atom stereocenters. The van der Waals surface area contributed by atoms with Gasteiger partial charge in [-0.05, 0) is 75.9 Å². The Balaban J connectivity index is 1.43. The van der Waals surface area contributed by atoms with Crippen molar-refractivity contribution in [3.63, 3.8) is 0 Å². The summed E-state index contributed by atoms with van der Waals surface area (Å²) in [6.07, 6.45) is 1.69. The van der Waals surface area contributed by atoms with Crippen LogP contribution in [0.15, 0.2) is 65.1 Å². The van der Waals surface area contributed by atoms with E-state index in [2.05, 4.69) is 39.7 Å². The van der Waals surface area contributed by atoms with Crippen molar-refractivity contribution in [2.24, 2.45) is 5.41 Å². The third-order valence-electron chi connectivity index (χ3n) is 7.56. The van der Waals surface area contributed by atoms with E-state index in [0.717, 1.165) is 56.5 Å². The SMILES string of the molecule is Cc1c(C(=O)OCc2ccccc2)[nH]c(C2CC(C)(C)Cc3c2[nH]c(C(=O)OCc2ccccc2)c3C)c1Br. The molecular weight excluding hydrogens is 556 g/mol. The molecule has 0 saturated carbocycles. The van der Waals surface area contributed by atoms with Gasteiger partial charge in [0.2, 0.25) is 0 Å². The molecule has 0 fully saturated rings. The molecule has 0 saturated heterocycles. The number of aromatic amines is 2. The summed E-state index contributed by atoms with van der Waals surface area (Å²) in [6, 6.07) is 19.3. The van der Waals surface area contributed by atoms with Gasteiger partial charge >= 0.3 is 11.9 Å². The molecule has 7 heteroatoms. The number of esters is 2. The number of H-pyrrole nitrogens is 2. The zero-order valence-electron chi connectivity index (χ0n) is 22.7. The number of aromatic nitrogens is 2. The predicted octanol–water partition coefficient (Wildman–Crippen LogP) is 7.54. The second kappa shape index (κ2) is 10.9. The van der Waals surface area contributed by atoms with Crippen LogP contribution in [0, 0.1) is 19.3 Å². The van der Waals surface area contributed by atoms with Crippen LogP contribution < -0.4 is 0 Å². The van der Waals surface area contributed by atoms with Crippen LogP contribution in [0.1, 0.15) is 86.4 Å². The number of carbonyl (C=O) groups is 2. The minimum atomic E-state index is -0.397. The van der Waals surface area contributed by atoms with Gasteiger partial charge in [0.15, 0.2) is 0 Å². The summed E-state index contributed by atoms with van der Waals surface area (Å²) in [5, 5.41) is 0. The summed E-state index contributed by atoms with van der Waals surface area (Å²) < 4.78 is 12.1. The second-order valence-corrected chi connectivity index (χ2v) is 11.9. The van der Waals surface area contributed by atoms with Gasteiger partial charge in [-0.2, -0.15) is 0 Å². The van der Waals surface area contributed by atoms with Crippen molar-refractivity contribution in [2.75, 3.05) is 0 Å². The Morgan fingerprint density at radius 3 is 1.85 bits per heavy atom. The zero-order chi connectivity index (χ0) is 27.7. The monoisotopic (exact) mass is 588 g/mol. The molecule has 2 aromatic heterocycles. The van der Waals surface area contributed by atoms with Gasteiger partial charge in [-0.3, -0.25) is 0 Å². The quantitative estimate of drug-likeness (QED) is 0.218. The van der Waals surface area contributed by atoms with Crippen LogP contribution in [0.25, 0.3) is 0 Å². The van der Waals surface area contributed by atoms with Crippen LogP contribution >= 0.6 is 15.9 Å². The average Bonchev–Trinajstić information content (AvgIpc) is 3.42. The molecule has 202 valence electrons. The highest BCUT2D eigenvalue weighted by Crippen LogP contribution is 2.48. The number of nitrogens with one attached hydrogen (secondary N) is 2. The molecule has 39 heavy (non-hydrogen) atoms. The standard InChI is InChI=1S/C32H33BrN2O4/c1-19-23-15-32(3,4)16-24(28(23)34-26(19)30(36)38-17-21-11-7-5-8-12-21)29-25(33)20(2)27(35-29)31(37)39-18-22-13-9-6-10-14-22/h5-14,24,34-35H,15-18H2,1-4H3. The molecule has 6 nitrogen and oxygen atoms in total. The normalized spacial score (nSPS) is 16.0. The lowest BCUT2D eigenvalue weighted by Gasteiger charge is -2.35. The first-order valence-electron chi connectivity index (χ1n) is 13.2. The highest BCUT2D eigenvalue weighted by Gasteiger charge is 2.39. The van der Waals surface area contributed by atoms with Crippen molar-refractivity contribution in [1.82, 2.24) is 9.97 Å². The molecule has 2 heterocycles. The highest BCUT2D eigenvalue weighted by atomic mass is 79.9. The fourth-order valence-corrected chi connectivity index (χ4v) is 6.04. The molecular formula is C32H33BrN2O4. The van der Waals surface area contributed by atoms with Gasteiger partial charge in [0, 0.05) is 21.8 Å². The Morgan fingerprint density at radius 1 is 0.821 bits per heavy atom. The van der Waals surface area contributed by atoms with E-state index in [1.54, 1.807) is 0 Å². The topological polar surface area (TPSA) is 84.2 Å². The number of carbonyl (C=O) groups excluding carboxylic acids is 2. The lowest BCUT2D eigenvalue weighted by atomic mass is 9.70. The average molecular weight is 590 g/mol. The molecule has 1 unspecified atom stereocenters. The van der Waals surface area contributed by atoms with Crippen LogP contribution in [0.5, 0.6) is 0 Å². The number of hydrogen-bond acceptors (Lipinski definition) is 4. The Labute approximate surface area is 237 Å². The molecule has 0 amide bonds. The number of halogens is 1. The lowest BCUT2D eigenvalue weighted by molar-refractivity contribution is 0.0457. The lowest BCUT2D eigenvalue weighted by Crippen LogP contribution is -2.26. The van der Waals surface area contributed by atoms with E-state index in [1.165, 1.54) is 0 Å². The second-order valence-electron chi connectivity index (χ2n) is 11.1. The maximum absolute atomic E-state index is 13.1. The Kier molecular flexibility index (Phi) is 7.54. The molecule has 2 aromatic carbocycles. The van der Waals surface area contributed by atoms with Crippen LogP contribution in [0.4, 0.5) is 0 Å². The van der Waals surface area contributed by atoms with Gasteiger partial charge in [-0.25, -0.2) is 9.59 Å². The molecule has 2 N–H and O–H groups in total. The molecule has 5 rings (SSSR count). The Hall–Kier alpha value is -3.58. The van der Waals surface area contributed by atoms with E-state index in [1.807, 2.05) is 74.5 Å². The Morgan fingerprint density at radius 2 is 1.31 bits per heavy atom. The van der Waals surface area contributed by atoms with Gasteiger partial charge in [-0.15, -0.1) is 0 Å². The van der Waals surface area contributed by atoms with E-state index in [0.29, 0.717) is 11.4 Å². The summed E-state index contributed by atoms with van der Waals surface area (Å²) >= 11 is 3.75. The summed E-state index contributed by atoms with van der Waals surface area (Å²) in [5.41, 5.74) is 7.53.